The van der Waals surface area contributed by atoms with Gasteiger partial charge in [-0.3, -0.25) is 15.1 Å². The van der Waals surface area contributed by atoms with Gasteiger partial charge in [0.1, 0.15) is 9.24 Å². The summed E-state index contributed by atoms with van der Waals surface area (Å²) in [7, 11) is 0. The zero-order valence-corrected chi connectivity index (χ0v) is 18.4. The quantitative estimate of drug-likeness (QED) is 0.420. The monoisotopic (exact) mass is 469 g/mol. The minimum Gasteiger partial charge on any atom is -0.476 e. The number of carboxylic acid groups (broad SMARTS) is 1. The van der Waals surface area contributed by atoms with Gasteiger partial charge in [0.25, 0.3) is 0 Å². The van der Waals surface area contributed by atoms with Crippen LogP contribution < -0.4 is 10.6 Å². The molecule has 3 N–H and O–H groups in total. The molecule has 4 rings (SSSR count). The van der Waals surface area contributed by atoms with Crippen molar-refractivity contribution < 1.29 is 19.5 Å². The second kappa shape index (κ2) is 9.88. The van der Waals surface area contributed by atoms with Gasteiger partial charge >= 0.3 is 12.0 Å². The number of hydrogen-bond acceptors (Lipinski definition) is 8. The number of carboxylic acids is 1. The number of pyridine rings is 2. The smallest absolute Gasteiger partial charge is 0.356 e. The maximum atomic E-state index is 12.8. The van der Waals surface area contributed by atoms with Crippen LogP contribution >= 0.6 is 23.1 Å². The molecule has 9 nitrogen and oxygen atoms in total. The molecule has 0 unspecified atom stereocenters. The lowest BCUT2D eigenvalue weighted by Gasteiger charge is -2.13. The third-order valence-corrected chi connectivity index (χ3v) is 7.01. The Hall–Kier alpha value is -3.31. The second-order valence-corrected chi connectivity index (χ2v) is 9.36. The summed E-state index contributed by atoms with van der Waals surface area (Å²) in [5.41, 5.74) is 0.556. The van der Waals surface area contributed by atoms with Crippen molar-refractivity contribution in [1.82, 2.24) is 15.0 Å². The Balaban J connectivity index is 1.48. The van der Waals surface area contributed by atoms with E-state index in [1.54, 1.807) is 30.5 Å². The number of nitrogens with one attached hydrogen (secondary N) is 2. The van der Waals surface area contributed by atoms with E-state index < -0.39 is 12.0 Å². The summed E-state index contributed by atoms with van der Waals surface area (Å²) in [6.45, 7) is 0. The first-order valence-electron chi connectivity index (χ1n) is 9.90. The number of aromatic nitrogens is 3. The SMILES string of the molecule is O=C(Nc1nc(C(=O)O)c(Sc2ccccn2)s1)Nc1ccncc1C(=O)C1CCCC1. The summed E-state index contributed by atoms with van der Waals surface area (Å²) in [5.74, 6) is -1.28. The predicted octanol–water partition coefficient (Wildman–Crippen LogP) is 4.80. The standard InChI is InChI=1S/C21H19N5O4S2/c27-17(12-5-1-2-6-12)13-11-22-10-8-14(13)24-20(30)26-21-25-16(18(28)29)19(32-21)31-15-7-3-4-9-23-15/h3-4,7-12H,1-2,5-6H2,(H,28,29)(H2,22,24,25,26,30). The number of thiazole rings is 1. The van der Waals surface area contributed by atoms with Crippen molar-refractivity contribution in [3.05, 3.63) is 54.1 Å². The van der Waals surface area contributed by atoms with Crippen molar-refractivity contribution in [3.63, 3.8) is 0 Å². The van der Waals surface area contributed by atoms with Crippen molar-refractivity contribution in [2.45, 2.75) is 34.9 Å². The molecule has 32 heavy (non-hydrogen) atoms. The number of hydrogen-bond donors (Lipinski definition) is 3. The second-order valence-electron chi connectivity index (χ2n) is 7.08. The van der Waals surface area contributed by atoms with Crippen LogP contribution in [0, 0.1) is 5.92 Å². The maximum Gasteiger partial charge on any atom is 0.356 e. The lowest BCUT2D eigenvalue weighted by Crippen LogP contribution is -2.22. The van der Waals surface area contributed by atoms with E-state index in [0.29, 0.717) is 20.5 Å². The van der Waals surface area contributed by atoms with Gasteiger partial charge in [-0.25, -0.2) is 19.6 Å². The molecule has 0 spiro atoms. The molecule has 3 heterocycles. The molecular formula is C21H19N5O4S2. The van der Waals surface area contributed by atoms with E-state index in [9.17, 15) is 19.5 Å². The molecule has 1 aliphatic carbocycles. The van der Waals surface area contributed by atoms with Gasteiger partial charge in [-0.1, -0.05) is 42.0 Å². The van der Waals surface area contributed by atoms with E-state index in [2.05, 4.69) is 25.6 Å². The molecule has 0 aliphatic heterocycles. The highest BCUT2D eigenvalue weighted by Crippen LogP contribution is 2.36. The van der Waals surface area contributed by atoms with Gasteiger partial charge in [-0.05, 0) is 31.0 Å². The molecule has 2 amide bonds. The van der Waals surface area contributed by atoms with Crippen LogP contribution in [0.3, 0.4) is 0 Å². The van der Waals surface area contributed by atoms with Crippen LogP contribution in [0.4, 0.5) is 15.6 Å². The Morgan fingerprint density at radius 2 is 1.91 bits per heavy atom. The zero-order valence-electron chi connectivity index (χ0n) is 16.8. The minimum absolute atomic E-state index is 0.0256. The molecule has 11 heteroatoms. The number of amides is 2. The molecule has 0 radical (unpaired) electrons. The number of Topliss-reactive ketones (excluding diaryl/α,β-unsaturated/α-hetero) is 1. The number of carbonyl (C=O) groups is 3. The number of rotatable bonds is 7. The van der Waals surface area contributed by atoms with Crippen molar-refractivity contribution >= 4 is 51.7 Å². The predicted molar refractivity (Wildman–Crippen MR) is 121 cm³/mol. The van der Waals surface area contributed by atoms with E-state index in [1.807, 2.05) is 0 Å². The third kappa shape index (κ3) is 5.11. The Morgan fingerprint density at radius 3 is 2.62 bits per heavy atom. The fourth-order valence-electron chi connectivity index (χ4n) is 3.42. The van der Waals surface area contributed by atoms with Crippen LogP contribution in [0.1, 0.15) is 46.5 Å². The van der Waals surface area contributed by atoms with Crippen molar-refractivity contribution in [3.8, 4) is 0 Å². The Labute approximate surface area is 191 Å². The van der Waals surface area contributed by atoms with Gasteiger partial charge in [0.2, 0.25) is 0 Å². The molecule has 1 aliphatic rings. The third-order valence-electron chi connectivity index (χ3n) is 4.91. The first-order chi connectivity index (χ1) is 15.5. The Kier molecular flexibility index (Phi) is 6.76. The van der Waals surface area contributed by atoms with Gasteiger partial charge in [0.15, 0.2) is 16.6 Å². The van der Waals surface area contributed by atoms with E-state index in [-0.39, 0.29) is 22.5 Å². The van der Waals surface area contributed by atoms with Crippen LogP contribution in [0.25, 0.3) is 0 Å². The number of carbonyl (C=O) groups excluding carboxylic acids is 2. The van der Waals surface area contributed by atoms with E-state index in [0.717, 1.165) is 48.8 Å². The summed E-state index contributed by atoms with van der Waals surface area (Å²) < 4.78 is 0.396. The Bertz CT molecular complexity index is 1150. The van der Waals surface area contributed by atoms with Crippen molar-refractivity contribution in [2.75, 3.05) is 10.6 Å². The van der Waals surface area contributed by atoms with Crippen LogP contribution in [0.2, 0.25) is 0 Å². The first-order valence-corrected chi connectivity index (χ1v) is 11.5. The lowest BCUT2D eigenvalue weighted by molar-refractivity contribution is 0.0687. The number of aromatic carboxylic acids is 1. The summed E-state index contributed by atoms with van der Waals surface area (Å²) >= 11 is 2.19. The lowest BCUT2D eigenvalue weighted by atomic mass is 9.96. The number of ketones is 1. The fraction of sp³-hybridized carbons (Fsp3) is 0.238. The topological polar surface area (TPSA) is 134 Å². The molecule has 0 saturated heterocycles. The van der Waals surface area contributed by atoms with E-state index in [1.165, 1.54) is 12.4 Å². The summed E-state index contributed by atoms with van der Waals surface area (Å²) in [5, 5.41) is 15.4. The first kappa shape index (κ1) is 21.9. The highest BCUT2D eigenvalue weighted by Gasteiger charge is 2.26. The molecular weight excluding hydrogens is 450 g/mol. The summed E-state index contributed by atoms with van der Waals surface area (Å²) in [4.78, 5) is 49.2. The molecule has 3 aromatic heterocycles. The van der Waals surface area contributed by atoms with Crippen molar-refractivity contribution in [1.29, 1.82) is 0 Å². The van der Waals surface area contributed by atoms with Crippen LogP contribution in [0.15, 0.2) is 52.1 Å². The molecule has 1 saturated carbocycles. The van der Waals surface area contributed by atoms with E-state index >= 15 is 0 Å². The molecule has 0 aromatic carbocycles. The van der Waals surface area contributed by atoms with Crippen LogP contribution in [-0.4, -0.2) is 37.8 Å². The van der Waals surface area contributed by atoms with Crippen LogP contribution in [0.5, 0.6) is 0 Å². The highest BCUT2D eigenvalue weighted by molar-refractivity contribution is 8.01. The minimum atomic E-state index is -1.20. The highest BCUT2D eigenvalue weighted by atomic mass is 32.2. The van der Waals surface area contributed by atoms with Gasteiger partial charge in [-0.15, -0.1) is 0 Å². The molecule has 164 valence electrons. The molecule has 0 bridgehead atoms. The van der Waals surface area contributed by atoms with Gasteiger partial charge < -0.3 is 10.4 Å². The zero-order chi connectivity index (χ0) is 22.5. The molecule has 1 fully saturated rings. The van der Waals surface area contributed by atoms with E-state index in [4.69, 9.17) is 0 Å². The van der Waals surface area contributed by atoms with Crippen LogP contribution in [-0.2, 0) is 0 Å². The number of nitrogens with zero attached hydrogens (tertiary/aromatic N) is 3. The number of urea groups is 1. The molecule has 3 aromatic rings. The summed E-state index contributed by atoms with van der Waals surface area (Å²) in [6, 6.07) is 6.24. The average Bonchev–Trinajstić information content (AvgIpc) is 3.45. The molecule has 0 atom stereocenters. The fourth-order valence-corrected chi connectivity index (χ4v) is 5.45. The maximum absolute atomic E-state index is 12.8. The Morgan fingerprint density at radius 1 is 1.09 bits per heavy atom. The number of anilines is 2. The largest absolute Gasteiger partial charge is 0.476 e. The van der Waals surface area contributed by atoms with Gasteiger partial charge in [-0.2, -0.15) is 0 Å². The van der Waals surface area contributed by atoms with Gasteiger partial charge in [0, 0.05) is 24.5 Å². The average molecular weight is 470 g/mol. The van der Waals surface area contributed by atoms with Crippen molar-refractivity contribution in [2.24, 2.45) is 5.92 Å². The normalized spacial score (nSPS) is 13.6. The summed E-state index contributed by atoms with van der Waals surface area (Å²) in [6.07, 6.45) is 8.29. The van der Waals surface area contributed by atoms with Gasteiger partial charge in [0.05, 0.1) is 11.3 Å².